The highest BCUT2D eigenvalue weighted by atomic mass is 32.2. The van der Waals surface area contributed by atoms with Crippen molar-refractivity contribution in [1.82, 2.24) is 14.9 Å². The molecule has 1 aromatic rings. The number of anilines is 1. The first-order valence-electron chi connectivity index (χ1n) is 4.62. The summed E-state index contributed by atoms with van der Waals surface area (Å²) in [6, 6.07) is 0. The lowest BCUT2D eigenvalue weighted by atomic mass is 10.5. The molecule has 1 amide bonds. The second kappa shape index (κ2) is 5.32. The van der Waals surface area contributed by atoms with E-state index in [4.69, 9.17) is 0 Å². The van der Waals surface area contributed by atoms with E-state index in [0.29, 0.717) is 6.42 Å². The van der Waals surface area contributed by atoms with Gasteiger partial charge in [-0.2, -0.15) is 0 Å². The summed E-state index contributed by atoms with van der Waals surface area (Å²) in [6.07, 6.45) is 0.300. The molecule has 1 heterocycles. The van der Waals surface area contributed by atoms with Gasteiger partial charge in [-0.05, 0) is 0 Å². The number of hydrogen-bond donors (Lipinski definition) is 2. The zero-order chi connectivity index (χ0) is 12.2. The molecule has 0 bridgehead atoms. The van der Waals surface area contributed by atoms with Gasteiger partial charge in [-0.1, -0.05) is 25.2 Å². The molecule has 0 atom stereocenters. The first-order chi connectivity index (χ1) is 7.49. The van der Waals surface area contributed by atoms with Gasteiger partial charge in [0.1, 0.15) is 0 Å². The van der Waals surface area contributed by atoms with Crippen LogP contribution in [0.15, 0.2) is 4.34 Å². The van der Waals surface area contributed by atoms with Crippen LogP contribution in [0.5, 0.6) is 0 Å². The van der Waals surface area contributed by atoms with Crippen LogP contribution < -0.4 is 10.0 Å². The van der Waals surface area contributed by atoms with E-state index in [1.165, 1.54) is 0 Å². The van der Waals surface area contributed by atoms with Crippen molar-refractivity contribution in [3.05, 3.63) is 0 Å². The number of carbonyl (C=O) groups is 1. The van der Waals surface area contributed by atoms with Crippen LogP contribution in [0.3, 0.4) is 0 Å². The van der Waals surface area contributed by atoms with Crippen LogP contribution in [0.4, 0.5) is 5.13 Å². The minimum atomic E-state index is -3.59. The Bertz CT molecular complexity index is 468. The third-order valence-electron chi connectivity index (χ3n) is 1.54. The van der Waals surface area contributed by atoms with E-state index >= 15 is 0 Å². The highest BCUT2D eigenvalue weighted by molar-refractivity contribution is 7.91. The van der Waals surface area contributed by atoms with Crippen LogP contribution in [0, 0.1) is 0 Å². The van der Waals surface area contributed by atoms with E-state index in [0.717, 1.165) is 11.3 Å². The van der Waals surface area contributed by atoms with Crippen LogP contribution in [0.25, 0.3) is 0 Å². The van der Waals surface area contributed by atoms with Crippen LogP contribution in [0.2, 0.25) is 0 Å². The largest absolute Gasteiger partial charge is 0.301 e. The molecule has 0 fully saturated rings. The van der Waals surface area contributed by atoms with Crippen molar-refractivity contribution in [1.29, 1.82) is 0 Å². The Morgan fingerprint density at radius 1 is 1.38 bits per heavy atom. The summed E-state index contributed by atoms with van der Waals surface area (Å²) in [6.45, 7) is 3.63. The number of rotatable bonds is 5. The van der Waals surface area contributed by atoms with Crippen molar-refractivity contribution < 1.29 is 13.2 Å². The molecule has 0 radical (unpaired) electrons. The monoisotopic (exact) mass is 264 g/mol. The molecule has 9 heteroatoms. The number of nitrogens with zero attached hydrogens (tertiary/aromatic N) is 2. The molecule has 0 saturated carbocycles. The van der Waals surface area contributed by atoms with Crippen molar-refractivity contribution in [3.8, 4) is 0 Å². The first-order valence-corrected chi connectivity index (χ1v) is 6.92. The smallest absolute Gasteiger partial charge is 0.269 e. The lowest BCUT2D eigenvalue weighted by molar-refractivity contribution is -0.115. The summed E-state index contributed by atoms with van der Waals surface area (Å²) < 4.78 is 25.1. The average molecular weight is 264 g/mol. The summed E-state index contributed by atoms with van der Waals surface area (Å²) in [4.78, 5) is 11.0. The molecule has 7 nitrogen and oxygen atoms in total. The van der Waals surface area contributed by atoms with Crippen LogP contribution >= 0.6 is 11.3 Å². The van der Waals surface area contributed by atoms with Gasteiger partial charge >= 0.3 is 0 Å². The number of nitrogens with one attached hydrogen (secondary N) is 2. The Morgan fingerprint density at radius 2 is 2.06 bits per heavy atom. The molecule has 1 rings (SSSR count). The maximum absolute atomic E-state index is 11.5. The van der Waals surface area contributed by atoms with E-state index in [2.05, 4.69) is 20.2 Å². The fraction of sp³-hybridized carbons (Fsp3) is 0.571. The summed E-state index contributed by atoms with van der Waals surface area (Å²) in [5.41, 5.74) is 0. The molecule has 0 aliphatic heterocycles. The van der Waals surface area contributed by atoms with Gasteiger partial charge in [0.25, 0.3) is 10.0 Å². The molecule has 0 unspecified atom stereocenters. The van der Waals surface area contributed by atoms with Crippen molar-refractivity contribution in [3.63, 3.8) is 0 Å². The van der Waals surface area contributed by atoms with Crippen LogP contribution in [-0.2, 0) is 14.8 Å². The van der Waals surface area contributed by atoms with E-state index in [1.807, 2.05) is 0 Å². The highest BCUT2D eigenvalue weighted by Gasteiger charge is 2.19. The molecular formula is C7H12N4O3S2. The second-order valence-corrected chi connectivity index (χ2v) is 5.69. The summed E-state index contributed by atoms with van der Waals surface area (Å²) in [5, 5.41) is 9.69. The Labute approximate surface area is 97.3 Å². The van der Waals surface area contributed by atoms with Crippen molar-refractivity contribution in [2.24, 2.45) is 0 Å². The lowest BCUT2D eigenvalue weighted by Gasteiger charge is -1.97. The van der Waals surface area contributed by atoms with Gasteiger partial charge in [0, 0.05) is 13.0 Å². The maximum atomic E-state index is 11.5. The van der Waals surface area contributed by atoms with Crippen molar-refractivity contribution >= 4 is 32.4 Å². The van der Waals surface area contributed by atoms with Gasteiger partial charge in [0.2, 0.25) is 15.4 Å². The Morgan fingerprint density at radius 3 is 2.62 bits per heavy atom. The van der Waals surface area contributed by atoms with Crippen molar-refractivity contribution in [2.75, 3.05) is 11.9 Å². The standard InChI is InChI=1S/C7H12N4O3S2/c1-3-5(12)9-6-10-11-7(15-6)16(13,14)8-4-2/h8H,3-4H2,1-2H3,(H,9,10,12). The van der Waals surface area contributed by atoms with Gasteiger partial charge in [-0.3, -0.25) is 4.79 Å². The molecule has 1 aromatic heterocycles. The normalized spacial score (nSPS) is 11.4. The summed E-state index contributed by atoms with van der Waals surface area (Å²) in [5.74, 6) is -0.233. The molecule has 0 aliphatic carbocycles. The fourth-order valence-corrected chi connectivity index (χ4v) is 2.83. The maximum Gasteiger partial charge on any atom is 0.269 e. The molecule has 90 valence electrons. The van der Waals surface area contributed by atoms with Crippen LogP contribution in [-0.4, -0.2) is 31.1 Å². The third kappa shape index (κ3) is 3.22. The predicted octanol–water partition coefficient (Wildman–Crippen LogP) is 0.185. The summed E-state index contributed by atoms with van der Waals surface area (Å²) >= 11 is 0.819. The van der Waals surface area contributed by atoms with E-state index < -0.39 is 10.0 Å². The van der Waals surface area contributed by atoms with Gasteiger partial charge in [0.15, 0.2) is 0 Å². The van der Waals surface area contributed by atoms with E-state index in [9.17, 15) is 13.2 Å². The molecule has 0 aromatic carbocycles. The number of hydrogen-bond acceptors (Lipinski definition) is 6. The zero-order valence-electron chi connectivity index (χ0n) is 8.85. The molecule has 0 spiro atoms. The molecule has 0 saturated heterocycles. The predicted molar refractivity (Wildman–Crippen MR) is 59.7 cm³/mol. The topological polar surface area (TPSA) is 101 Å². The number of carbonyl (C=O) groups excluding carboxylic acids is 1. The lowest BCUT2D eigenvalue weighted by Crippen LogP contribution is -2.22. The number of aromatic nitrogens is 2. The molecule has 0 aliphatic rings. The first kappa shape index (κ1) is 13.0. The quantitative estimate of drug-likeness (QED) is 0.739. The molecule has 2 N–H and O–H groups in total. The van der Waals surface area contributed by atoms with Gasteiger partial charge in [0.05, 0.1) is 0 Å². The van der Waals surface area contributed by atoms with Gasteiger partial charge in [-0.15, -0.1) is 10.2 Å². The van der Waals surface area contributed by atoms with E-state index in [1.54, 1.807) is 13.8 Å². The third-order valence-corrected chi connectivity index (χ3v) is 4.29. The zero-order valence-corrected chi connectivity index (χ0v) is 10.5. The minimum absolute atomic E-state index is 0.152. The number of sulfonamides is 1. The summed E-state index contributed by atoms with van der Waals surface area (Å²) in [7, 11) is -3.59. The van der Waals surface area contributed by atoms with Gasteiger partial charge < -0.3 is 5.32 Å². The van der Waals surface area contributed by atoms with Crippen molar-refractivity contribution in [2.45, 2.75) is 24.6 Å². The Kier molecular flexibility index (Phi) is 4.33. The van der Waals surface area contributed by atoms with Crippen LogP contribution in [0.1, 0.15) is 20.3 Å². The SMILES string of the molecule is CCNS(=O)(=O)c1nnc(NC(=O)CC)s1. The average Bonchev–Trinajstić information content (AvgIpc) is 2.66. The van der Waals surface area contributed by atoms with Gasteiger partial charge in [-0.25, -0.2) is 13.1 Å². The fourth-order valence-electron chi connectivity index (χ4n) is 0.828. The number of amides is 1. The molecule has 16 heavy (non-hydrogen) atoms. The Balaban J connectivity index is 2.83. The molecular weight excluding hydrogens is 252 g/mol. The highest BCUT2D eigenvalue weighted by Crippen LogP contribution is 2.19. The second-order valence-electron chi connectivity index (χ2n) is 2.78. The minimum Gasteiger partial charge on any atom is -0.301 e. The van der Waals surface area contributed by atoms with E-state index in [-0.39, 0.29) is 21.9 Å². The Hall–Kier alpha value is -1.06.